The maximum Gasteiger partial charge on any atom is 0.335 e. The van der Waals surface area contributed by atoms with Gasteiger partial charge in [-0.05, 0) is 43.2 Å². The first-order valence-electron chi connectivity index (χ1n) is 9.07. The van der Waals surface area contributed by atoms with Crippen molar-refractivity contribution >= 4 is 17.6 Å². The number of nitrogens with zero attached hydrogens (tertiary/aromatic N) is 2. The Hall–Kier alpha value is -2.92. The van der Waals surface area contributed by atoms with Gasteiger partial charge in [0.25, 0.3) is 0 Å². The molecule has 0 aliphatic rings. The van der Waals surface area contributed by atoms with Crippen molar-refractivity contribution in [2.24, 2.45) is 0 Å². The van der Waals surface area contributed by atoms with Crippen molar-refractivity contribution in [1.29, 1.82) is 0 Å². The van der Waals surface area contributed by atoms with E-state index in [-0.39, 0.29) is 5.56 Å². The Kier molecular flexibility index (Phi) is 6.26. The van der Waals surface area contributed by atoms with Gasteiger partial charge in [-0.1, -0.05) is 37.1 Å². The third-order valence-electron chi connectivity index (χ3n) is 4.44. The Labute approximate surface area is 169 Å². The Morgan fingerprint density at radius 3 is 2.43 bits per heavy atom. The number of unbranched alkanes of at least 4 members (excludes halogenated alkanes) is 1. The molecule has 0 bridgehead atoms. The zero-order valence-corrected chi connectivity index (χ0v) is 16.5. The van der Waals surface area contributed by atoms with Crippen molar-refractivity contribution in [3.05, 3.63) is 64.9 Å². The number of aromatic nitrogens is 2. The van der Waals surface area contributed by atoms with Crippen LogP contribution < -0.4 is 4.74 Å². The molecule has 0 spiro atoms. The molecule has 28 heavy (non-hydrogen) atoms. The molecule has 0 radical (unpaired) electrons. The van der Waals surface area contributed by atoms with Crippen LogP contribution in [0.4, 0.5) is 0 Å². The summed E-state index contributed by atoms with van der Waals surface area (Å²) < 4.78 is 5.23. The van der Waals surface area contributed by atoms with Crippen LogP contribution in [0.15, 0.2) is 48.7 Å². The molecule has 0 saturated heterocycles. The lowest BCUT2D eigenvalue weighted by Crippen LogP contribution is -2.00. The number of benzene rings is 2. The molecular weight excluding hydrogens is 376 g/mol. The van der Waals surface area contributed by atoms with Crippen LogP contribution in [0.1, 0.15) is 35.8 Å². The molecule has 0 atom stereocenters. The van der Waals surface area contributed by atoms with Gasteiger partial charge in [0, 0.05) is 17.3 Å². The van der Waals surface area contributed by atoms with Gasteiger partial charge in [-0.3, -0.25) is 4.98 Å². The number of halogens is 1. The lowest BCUT2D eigenvalue weighted by Gasteiger charge is -2.12. The summed E-state index contributed by atoms with van der Waals surface area (Å²) in [6.45, 7) is 2.13. The fourth-order valence-electron chi connectivity index (χ4n) is 2.90. The second-order valence-electron chi connectivity index (χ2n) is 6.39. The topological polar surface area (TPSA) is 72.3 Å². The van der Waals surface area contributed by atoms with Crippen LogP contribution in [0, 0.1) is 0 Å². The largest absolute Gasteiger partial charge is 0.495 e. The molecule has 0 aliphatic heterocycles. The molecule has 1 heterocycles. The van der Waals surface area contributed by atoms with Crippen molar-refractivity contribution in [2.75, 3.05) is 7.11 Å². The molecule has 2 aromatic carbocycles. The quantitative estimate of drug-likeness (QED) is 0.569. The standard InChI is InChI=1S/C22H21ClN2O3/c1-3-4-5-17-13-24-20(16-10-11-19(28-2)18(23)12-16)21(25-17)14-6-8-15(9-7-14)22(26)27/h6-13H,3-5H2,1-2H3,(H,26,27). The summed E-state index contributed by atoms with van der Waals surface area (Å²) in [4.78, 5) is 20.6. The molecule has 0 fully saturated rings. The molecule has 1 N–H and O–H groups in total. The van der Waals surface area contributed by atoms with Crippen LogP contribution in [0.3, 0.4) is 0 Å². The predicted molar refractivity (Wildman–Crippen MR) is 110 cm³/mol. The molecule has 3 rings (SSSR count). The lowest BCUT2D eigenvalue weighted by atomic mass is 10.0. The Morgan fingerprint density at radius 1 is 1.11 bits per heavy atom. The summed E-state index contributed by atoms with van der Waals surface area (Å²) in [6, 6.07) is 12.1. The zero-order chi connectivity index (χ0) is 20.1. The monoisotopic (exact) mass is 396 g/mol. The van der Waals surface area contributed by atoms with Crippen molar-refractivity contribution in [3.8, 4) is 28.3 Å². The van der Waals surface area contributed by atoms with Crippen molar-refractivity contribution < 1.29 is 14.6 Å². The fourth-order valence-corrected chi connectivity index (χ4v) is 3.16. The Bertz CT molecular complexity index is 988. The van der Waals surface area contributed by atoms with E-state index in [9.17, 15) is 4.79 Å². The highest BCUT2D eigenvalue weighted by Crippen LogP contribution is 2.34. The number of hydrogen-bond donors (Lipinski definition) is 1. The van der Waals surface area contributed by atoms with Gasteiger partial charge < -0.3 is 9.84 Å². The molecular formula is C22H21ClN2O3. The van der Waals surface area contributed by atoms with E-state index in [1.807, 2.05) is 6.07 Å². The summed E-state index contributed by atoms with van der Waals surface area (Å²) >= 11 is 6.29. The van der Waals surface area contributed by atoms with Crippen LogP contribution >= 0.6 is 11.6 Å². The number of aromatic carboxylic acids is 1. The maximum absolute atomic E-state index is 11.2. The number of rotatable bonds is 7. The molecule has 0 unspecified atom stereocenters. The van der Waals surface area contributed by atoms with Crippen molar-refractivity contribution in [3.63, 3.8) is 0 Å². The Balaban J connectivity index is 2.11. The molecule has 3 aromatic rings. The van der Waals surface area contributed by atoms with E-state index in [1.165, 1.54) is 0 Å². The number of aryl methyl sites for hydroxylation is 1. The second kappa shape index (κ2) is 8.85. The highest BCUT2D eigenvalue weighted by molar-refractivity contribution is 6.32. The summed E-state index contributed by atoms with van der Waals surface area (Å²) in [7, 11) is 1.57. The predicted octanol–water partition coefficient (Wildman–Crippen LogP) is 5.51. The normalized spacial score (nSPS) is 10.7. The van der Waals surface area contributed by atoms with E-state index in [0.29, 0.717) is 22.2 Å². The van der Waals surface area contributed by atoms with Crippen LogP contribution in [-0.4, -0.2) is 28.2 Å². The van der Waals surface area contributed by atoms with Gasteiger partial charge in [0.05, 0.1) is 34.8 Å². The number of ether oxygens (including phenoxy) is 1. The summed E-state index contributed by atoms with van der Waals surface area (Å²) in [5.41, 5.74) is 4.14. The first-order chi connectivity index (χ1) is 13.5. The second-order valence-corrected chi connectivity index (χ2v) is 6.80. The number of carboxylic acids is 1. The van der Waals surface area contributed by atoms with E-state index in [0.717, 1.165) is 36.1 Å². The molecule has 5 nitrogen and oxygen atoms in total. The molecule has 0 saturated carbocycles. The van der Waals surface area contributed by atoms with Gasteiger partial charge in [-0.15, -0.1) is 0 Å². The van der Waals surface area contributed by atoms with E-state index in [4.69, 9.17) is 26.4 Å². The molecule has 6 heteroatoms. The Morgan fingerprint density at radius 2 is 1.82 bits per heavy atom. The van der Waals surface area contributed by atoms with Crippen LogP contribution in [0.25, 0.3) is 22.5 Å². The molecule has 144 valence electrons. The van der Waals surface area contributed by atoms with Gasteiger partial charge in [0.2, 0.25) is 0 Å². The number of carbonyl (C=O) groups is 1. The maximum atomic E-state index is 11.2. The third kappa shape index (κ3) is 4.31. The minimum Gasteiger partial charge on any atom is -0.495 e. The number of methoxy groups -OCH3 is 1. The zero-order valence-electron chi connectivity index (χ0n) is 15.8. The fraction of sp³-hybridized carbons (Fsp3) is 0.227. The lowest BCUT2D eigenvalue weighted by molar-refractivity contribution is 0.0697. The average molecular weight is 397 g/mol. The van der Waals surface area contributed by atoms with Gasteiger partial charge >= 0.3 is 5.97 Å². The van der Waals surface area contributed by atoms with Crippen molar-refractivity contribution in [1.82, 2.24) is 9.97 Å². The summed E-state index contributed by atoms with van der Waals surface area (Å²) in [5, 5.41) is 9.64. The third-order valence-corrected chi connectivity index (χ3v) is 4.73. The SMILES string of the molecule is CCCCc1cnc(-c2ccc(OC)c(Cl)c2)c(-c2ccc(C(=O)O)cc2)n1. The highest BCUT2D eigenvalue weighted by Gasteiger charge is 2.15. The minimum absolute atomic E-state index is 0.230. The first-order valence-corrected chi connectivity index (χ1v) is 9.44. The van der Waals surface area contributed by atoms with Gasteiger partial charge in [0.1, 0.15) is 5.75 Å². The molecule has 1 aromatic heterocycles. The van der Waals surface area contributed by atoms with Gasteiger partial charge in [-0.2, -0.15) is 0 Å². The number of hydrogen-bond acceptors (Lipinski definition) is 4. The van der Waals surface area contributed by atoms with Crippen LogP contribution in [0.2, 0.25) is 5.02 Å². The van der Waals surface area contributed by atoms with Gasteiger partial charge in [-0.25, -0.2) is 9.78 Å². The summed E-state index contributed by atoms with van der Waals surface area (Å²) in [6.07, 6.45) is 4.73. The average Bonchev–Trinajstić information content (AvgIpc) is 2.72. The number of carboxylic acid groups (broad SMARTS) is 1. The first kappa shape index (κ1) is 19.8. The van der Waals surface area contributed by atoms with E-state index in [1.54, 1.807) is 49.7 Å². The highest BCUT2D eigenvalue weighted by atomic mass is 35.5. The van der Waals surface area contributed by atoms with E-state index in [2.05, 4.69) is 11.9 Å². The minimum atomic E-state index is -0.962. The summed E-state index contributed by atoms with van der Waals surface area (Å²) in [5.74, 6) is -0.373. The van der Waals surface area contributed by atoms with E-state index >= 15 is 0 Å². The molecule has 0 aliphatic carbocycles. The van der Waals surface area contributed by atoms with Crippen LogP contribution in [-0.2, 0) is 6.42 Å². The van der Waals surface area contributed by atoms with Crippen molar-refractivity contribution in [2.45, 2.75) is 26.2 Å². The van der Waals surface area contributed by atoms with E-state index < -0.39 is 5.97 Å². The molecule has 0 amide bonds. The smallest absolute Gasteiger partial charge is 0.335 e. The van der Waals surface area contributed by atoms with Gasteiger partial charge in [0.15, 0.2) is 0 Å². The van der Waals surface area contributed by atoms with Crippen LogP contribution in [0.5, 0.6) is 5.75 Å².